The van der Waals surface area contributed by atoms with Crippen molar-refractivity contribution in [2.24, 2.45) is 7.05 Å². The number of amides is 1. The number of benzene rings is 1. The summed E-state index contributed by atoms with van der Waals surface area (Å²) in [7, 11) is 1.80. The first kappa shape index (κ1) is 14.5. The van der Waals surface area contributed by atoms with Gasteiger partial charge in [0, 0.05) is 30.7 Å². The van der Waals surface area contributed by atoms with Crippen LogP contribution in [0.15, 0.2) is 36.4 Å². The lowest BCUT2D eigenvalue weighted by atomic mass is 9.95. The molecule has 1 amide bonds. The van der Waals surface area contributed by atoms with E-state index >= 15 is 0 Å². The van der Waals surface area contributed by atoms with E-state index in [1.807, 2.05) is 0 Å². The van der Waals surface area contributed by atoms with Gasteiger partial charge in [0.25, 0.3) is 5.91 Å². The van der Waals surface area contributed by atoms with Crippen molar-refractivity contribution in [1.82, 2.24) is 15.2 Å². The van der Waals surface area contributed by atoms with Crippen molar-refractivity contribution in [3.05, 3.63) is 47.9 Å². The monoisotopic (exact) mass is 313 g/mol. The van der Waals surface area contributed by atoms with E-state index in [1.165, 1.54) is 12.5 Å². The lowest BCUT2D eigenvalue weighted by Gasteiger charge is -2.21. The van der Waals surface area contributed by atoms with E-state index in [-0.39, 0.29) is 17.8 Å². The first-order chi connectivity index (χ1) is 11.1. The van der Waals surface area contributed by atoms with Crippen LogP contribution in [0.3, 0.4) is 0 Å². The molecule has 120 valence electrons. The molecule has 2 saturated heterocycles. The molecule has 2 bridgehead atoms. The van der Waals surface area contributed by atoms with Crippen molar-refractivity contribution >= 4 is 5.91 Å². The topological polar surface area (TPSA) is 46.1 Å². The minimum atomic E-state index is -0.280. The molecule has 5 heteroatoms. The van der Waals surface area contributed by atoms with Gasteiger partial charge in [-0.3, -0.25) is 4.79 Å². The summed E-state index contributed by atoms with van der Waals surface area (Å²) in [4.78, 5) is 12.6. The molecule has 3 heterocycles. The predicted octanol–water partition coefficient (Wildman–Crippen LogP) is 2.45. The highest BCUT2D eigenvalue weighted by Crippen LogP contribution is 2.29. The molecule has 4 rings (SSSR count). The normalized spacial score (nSPS) is 25.7. The molecular weight excluding hydrogens is 293 g/mol. The van der Waals surface area contributed by atoms with E-state index in [0.717, 1.165) is 12.8 Å². The maximum Gasteiger partial charge on any atom is 0.268 e. The van der Waals surface area contributed by atoms with Crippen LogP contribution in [-0.2, 0) is 7.05 Å². The second-order valence-corrected chi connectivity index (χ2v) is 6.51. The fourth-order valence-electron chi connectivity index (χ4n) is 3.90. The molecule has 2 aromatic rings. The molecule has 1 aromatic heterocycles. The largest absolute Gasteiger partial charge is 0.346 e. The Balaban J connectivity index is 1.56. The number of nitrogens with zero attached hydrogens (tertiary/aromatic N) is 1. The summed E-state index contributed by atoms with van der Waals surface area (Å²) in [6.07, 6.45) is 3.34. The van der Waals surface area contributed by atoms with Gasteiger partial charge in [-0.15, -0.1) is 0 Å². The van der Waals surface area contributed by atoms with Gasteiger partial charge in [-0.1, -0.05) is 12.1 Å². The second-order valence-electron chi connectivity index (χ2n) is 6.51. The van der Waals surface area contributed by atoms with Gasteiger partial charge in [0.1, 0.15) is 11.5 Å². The molecule has 2 aliphatic rings. The molecule has 2 N–H and O–H groups in total. The van der Waals surface area contributed by atoms with Crippen molar-refractivity contribution in [3.8, 4) is 11.3 Å². The molecule has 4 nitrogen and oxygen atoms in total. The number of carbonyl (C=O) groups excluding carboxylic acids is 1. The SMILES string of the molecule is Cn1c(C(=O)N[C@@H]2C[C@H]3CC[C@@H]2N3)ccc1-c1ccccc1F. The van der Waals surface area contributed by atoms with Gasteiger partial charge < -0.3 is 15.2 Å². The van der Waals surface area contributed by atoms with Crippen LogP contribution in [-0.4, -0.2) is 28.6 Å². The van der Waals surface area contributed by atoms with Gasteiger partial charge >= 0.3 is 0 Å². The van der Waals surface area contributed by atoms with Crippen LogP contribution in [0.5, 0.6) is 0 Å². The van der Waals surface area contributed by atoms with Gasteiger partial charge in [0.15, 0.2) is 0 Å². The number of aromatic nitrogens is 1. The van der Waals surface area contributed by atoms with Gasteiger partial charge in [-0.25, -0.2) is 4.39 Å². The number of carbonyl (C=O) groups is 1. The van der Waals surface area contributed by atoms with Crippen LogP contribution in [0, 0.1) is 5.82 Å². The standard InChI is InChI=1S/C18H20FN3O/c1-22-16(12-4-2-3-5-13(12)19)8-9-17(22)18(23)21-15-10-11-6-7-14(15)20-11/h2-5,8-9,11,14-15,20H,6-7,10H2,1H3,(H,21,23)/t11-,14+,15-/m1/s1. The van der Waals surface area contributed by atoms with E-state index in [4.69, 9.17) is 0 Å². The lowest BCUT2D eigenvalue weighted by molar-refractivity contribution is 0.0923. The Morgan fingerprint density at radius 2 is 2.09 bits per heavy atom. The van der Waals surface area contributed by atoms with Crippen LogP contribution in [0.25, 0.3) is 11.3 Å². The molecule has 2 fully saturated rings. The summed E-state index contributed by atoms with van der Waals surface area (Å²) in [6.45, 7) is 0. The number of hydrogen-bond donors (Lipinski definition) is 2. The average molecular weight is 313 g/mol. The molecule has 0 saturated carbocycles. The maximum atomic E-state index is 14.0. The van der Waals surface area contributed by atoms with Gasteiger partial charge in [0.05, 0.1) is 5.69 Å². The summed E-state index contributed by atoms with van der Waals surface area (Å²) in [5, 5.41) is 6.65. The minimum Gasteiger partial charge on any atom is -0.346 e. The van der Waals surface area contributed by atoms with Gasteiger partial charge in [0.2, 0.25) is 0 Å². The number of halogens is 1. The van der Waals surface area contributed by atoms with E-state index in [9.17, 15) is 9.18 Å². The number of nitrogens with one attached hydrogen (secondary N) is 2. The van der Waals surface area contributed by atoms with Crippen LogP contribution >= 0.6 is 0 Å². The highest BCUT2D eigenvalue weighted by molar-refractivity contribution is 5.94. The Hall–Kier alpha value is -2.14. The Labute approximate surface area is 134 Å². The Morgan fingerprint density at radius 1 is 1.26 bits per heavy atom. The third-order valence-corrected chi connectivity index (χ3v) is 5.12. The van der Waals surface area contributed by atoms with Crippen molar-refractivity contribution in [2.75, 3.05) is 0 Å². The van der Waals surface area contributed by atoms with E-state index in [2.05, 4.69) is 10.6 Å². The van der Waals surface area contributed by atoms with Gasteiger partial charge in [-0.2, -0.15) is 0 Å². The Kier molecular flexibility index (Phi) is 3.45. The quantitative estimate of drug-likeness (QED) is 0.914. The molecule has 0 unspecified atom stereocenters. The molecule has 23 heavy (non-hydrogen) atoms. The minimum absolute atomic E-state index is 0.0885. The number of rotatable bonds is 3. The molecule has 3 atom stereocenters. The zero-order valence-corrected chi connectivity index (χ0v) is 13.1. The fourth-order valence-corrected chi connectivity index (χ4v) is 3.90. The molecule has 1 aromatic carbocycles. The zero-order chi connectivity index (χ0) is 16.0. The third-order valence-electron chi connectivity index (χ3n) is 5.12. The van der Waals surface area contributed by atoms with Crippen LogP contribution in [0.1, 0.15) is 29.8 Å². The Morgan fingerprint density at radius 3 is 2.78 bits per heavy atom. The highest BCUT2D eigenvalue weighted by atomic mass is 19.1. The van der Waals surface area contributed by atoms with E-state index in [0.29, 0.717) is 29.0 Å². The first-order valence-electron chi connectivity index (χ1n) is 8.11. The van der Waals surface area contributed by atoms with Gasteiger partial charge in [-0.05, 0) is 43.5 Å². The molecule has 0 radical (unpaired) electrons. The number of fused-ring (bicyclic) bond motifs is 2. The summed E-state index contributed by atoms with van der Waals surface area (Å²) >= 11 is 0. The third kappa shape index (κ3) is 2.45. The summed E-state index contributed by atoms with van der Waals surface area (Å²) in [5.74, 6) is -0.368. The van der Waals surface area contributed by atoms with Crippen molar-refractivity contribution in [2.45, 2.75) is 37.4 Å². The fraction of sp³-hybridized carbons (Fsp3) is 0.389. The molecule has 0 aliphatic carbocycles. The maximum absolute atomic E-state index is 14.0. The van der Waals surface area contributed by atoms with E-state index < -0.39 is 0 Å². The average Bonchev–Trinajstić information content (AvgIpc) is 3.23. The Bertz CT molecular complexity index is 754. The summed E-state index contributed by atoms with van der Waals surface area (Å²) in [5.41, 5.74) is 1.78. The van der Waals surface area contributed by atoms with Crippen molar-refractivity contribution in [1.29, 1.82) is 0 Å². The van der Waals surface area contributed by atoms with Crippen molar-refractivity contribution in [3.63, 3.8) is 0 Å². The van der Waals surface area contributed by atoms with Crippen LogP contribution in [0.4, 0.5) is 4.39 Å². The lowest BCUT2D eigenvalue weighted by Crippen LogP contribution is -2.43. The predicted molar refractivity (Wildman–Crippen MR) is 86.6 cm³/mol. The molecule has 0 spiro atoms. The summed E-state index contributed by atoms with van der Waals surface area (Å²) in [6, 6.07) is 11.3. The zero-order valence-electron chi connectivity index (χ0n) is 13.1. The molecule has 2 aliphatic heterocycles. The number of hydrogen-bond acceptors (Lipinski definition) is 2. The summed E-state index contributed by atoms with van der Waals surface area (Å²) < 4.78 is 15.7. The van der Waals surface area contributed by atoms with E-state index in [1.54, 1.807) is 41.9 Å². The van der Waals surface area contributed by atoms with Crippen LogP contribution < -0.4 is 10.6 Å². The molecular formula is C18H20FN3O. The highest BCUT2D eigenvalue weighted by Gasteiger charge is 2.39. The smallest absolute Gasteiger partial charge is 0.268 e. The first-order valence-corrected chi connectivity index (χ1v) is 8.11. The second kappa shape index (κ2) is 5.49. The van der Waals surface area contributed by atoms with Crippen LogP contribution in [0.2, 0.25) is 0 Å². The van der Waals surface area contributed by atoms with Crippen molar-refractivity contribution < 1.29 is 9.18 Å².